The first kappa shape index (κ1) is 21.6. The van der Waals surface area contributed by atoms with Gasteiger partial charge in [-0.15, -0.1) is 0 Å². The van der Waals surface area contributed by atoms with E-state index < -0.39 is 23.4 Å². The zero-order valence-electron chi connectivity index (χ0n) is 17.8. The molecule has 0 saturated carbocycles. The molecule has 168 valence electrons. The number of esters is 1. The van der Waals surface area contributed by atoms with Crippen LogP contribution in [0.4, 0.5) is 5.69 Å². The largest absolute Gasteiger partial charge is 0.457 e. The number of fused-ring (bicyclic) bond motifs is 2. The number of carbonyl (C=O) groups excluding carboxylic acids is 3. The summed E-state index contributed by atoms with van der Waals surface area (Å²) in [6.45, 7) is 1.71. The molecule has 8 heteroatoms. The molecule has 0 fully saturated rings. The number of benzene rings is 3. The summed E-state index contributed by atoms with van der Waals surface area (Å²) < 4.78 is 10.6. The third-order valence-electron chi connectivity index (χ3n) is 5.55. The van der Waals surface area contributed by atoms with Crippen LogP contribution in [0.2, 0.25) is 5.02 Å². The van der Waals surface area contributed by atoms with Crippen molar-refractivity contribution < 1.29 is 23.5 Å². The lowest BCUT2D eigenvalue weighted by molar-refractivity contribution is 0.0473. The summed E-state index contributed by atoms with van der Waals surface area (Å²) in [4.78, 5) is 51.4. The Balaban J connectivity index is 1.39. The van der Waals surface area contributed by atoms with Gasteiger partial charge in [0, 0.05) is 22.0 Å². The molecule has 0 radical (unpaired) electrons. The van der Waals surface area contributed by atoms with Gasteiger partial charge in [-0.1, -0.05) is 23.7 Å². The van der Waals surface area contributed by atoms with E-state index in [9.17, 15) is 19.2 Å². The normalized spacial score (nSPS) is 12.8. The number of amides is 2. The standard InChI is InChI=1S/C26H16ClNO6/c1-14-2-8-19-16(12-23(29)34-22(19)10-14)13-33-26(32)15-3-9-20-21(11-15)25(31)28(24(20)30)18-6-4-17(27)5-7-18/h2-12H,13H2,1H3. The highest BCUT2D eigenvalue weighted by Gasteiger charge is 2.37. The summed E-state index contributed by atoms with van der Waals surface area (Å²) in [7, 11) is 0. The highest BCUT2D eigenvalue weighted by Crippen LogP contribution is 2.30. The van der Waals surface area contributed by atoms with Gasteiger partial charge >= 0.3 is 11.6 Å². The second-order valence-corrected chi connectivity index (χ2v) is 8.29. The summed E-state index contributed by atoms with van der Waals surface area (Å²) in [5.74, 6) is -1.72. The van der Waals surface area contributed by atoms with Gasteiger partial charge in [-0.25, -0.2) is 14.5 Å². The van der Waals surface area contributed by atoms with Gasteiger partial charge in [0.15, 0.2) is 0 Å². The van der Waals surface area contributed by atoms with E-state index in [0.29, 0.717) is 27.2 Å². The van der Waals surface area contributed by atoms with Crippen LogP contribution in [-0.4, -0.2) is 17.8 Å². The Labute approximate surface area is 198 Å². The minimum Gasteiger partial charge on any atom is -0.457 e. The Kier molecular flexibility index (Phi) is 5.26. The van der Waals surface area contributed by atoms with E-state index in [2.05, 4.69) is 0 Å². The van der Waals surface area contributed by atoms with E-state index in [1.54, 1.807) is 36.4 Å². The van der Waals surface area contributed by atoms with Crippen molar-refractivity contribution in [2.24, 2.45) is 0 Å². The maximum absolute atomic E-state index is 12.9. The lowest BCUT2D eigenvalue weighted by atomic mass is 10.1. The van der Waals surface area contributed by atoms with Crippen molar-refractivity contribution in [2.45, 2.75) is 13.5 Å². The Hall–Kier alpha value is -4.23. The molecule has 2 heterocycles. The van der Waals surface area contributed by atoms with Crippen molar-refractivity contribution >= 4 is 46.0 Å². The summed E-state index contributed by atoms with van der Waals surface area (Å²) in [6, 6.07) is 17.2. The third kappa shape index (κ3) is 3.76. The van der Waals surface area contributed by atoms with Gasteiger partial charge in [0.2, 0.25) is 0 Å². The Morgan fingerprint density at radius 1 is 0.912 bits per heavy atom. The predicted molar refractivity (Wildman–Crippen MR) is 125 cm³/mol. The fraction of sp³-hybridized carbons (Fsp3) is 0.0769. The smallest absolute Gasteiger partial charge is 0.338 e. The molecule has 3 aromatic carbocycles. The lowest BCUT2D eigenvalue weighted by Crippen LogP contribution is -2.29. The molecule has 0 saturated heterocycles. The van der Waals surface area contributed by atoms with Crippen LogP contribution < -0.4 is 10.5 Å². The molecular weight excluding hydrogens is 458 g/mol. The van der Waals surface area contributed by atoms with Gasteiger partial charge in [0.05, 0.1) is 22.4 Å². The quantitative estimate of drug-likeness (QED) is 0.237. The zero-order valence-corrected chi connectivity index (χ0v) is 18.6. The van der Waals surface area contributed by atoms with Gasteiger partial charge in [-0.3, -0.25) is 9.59 Å². The number of anilines is 1. The molecule has 1 aliphatic heterocycles. The fourth-order valence-corrected chi connectivity index (χ4v) is 4.00. The molecule has 1 aliphatic rings. The summed E-state index contributed by atoms with van der Waals surface area (Å²) in [5.41, 5.74) is 2.08. The minimum atomic E-state index is -0.693. The van der Waals surface area contributed by atoms with Crippen LogP contribution in [0.15, 0.2) is 75.9 Å². The van der Waals surface area contributed by atoms with Crippen LogP contribution in [0.25, 0.3) is 11.0 Å². The Morgan fingerprint density at radius 3 is 2.41 bits per heavy atom. The fourth-order valence-electron chi connectivity index (χ4n) is 3.88. The molecule has 0 spiro atoms. The van der Waals surface area contributed by atoms with Crippen LogP contribution in [0.5, 0.6) is 0 Å². The third-order valence-corrected chi connectivity index (χ3v) is 5.80. The zero-order chi connectivity index (χ0) is 24.0. The van der Waals surface area contributed by atoms with Crippen molar-refractivity contribution in [3.63, 3.8) is 0 Å². The van der Waals surface area contributed by atoms with Crippen molar-refractivity contribution in [1.82, 2.24) is 0 Å². The number of ether oxygens (including phenoxy) is 1. The van der Waals surface area contributed by atoms with Crippen molar-refractivity contribution in [1.29, 1.82) is 0 Å². The lowest BCUT2D eigenvalue weighted by Gasteiger charge is -2.13. The number of halogens is 1. The van der Waals surface area contributed by atoms with E-state index in [1.165, 1.54) is 24.3 Å². The first-order valence-corrected chi connectivity index (χ1v) is 10.7. The number of carbonyl (C=O) groups is 3. The molecule has 4 aromatic rings. The number of hydrogen-bond acceptors (Lipinski definition) is 6. The van der Waals surface area contributed by atoms with Crippen LogP contribution in [0, 0.1) is 6.92 Å². The number of nitrogens with zero attached hydrogens (tertiary/aromatic N) is 1. The average molecular weight is 474 g/mol. The molecule has 0 unspecified atom stereocenters. The number of rotatable bonds is 4. The molecule has 2 amide bonds. The number of imide groups is 1. The van der Waals surface area contributed by atoms with E-state index >= 15 is 0 Å². The van der Waals surface area contributed by atoms with Gasteiger partial charge < -0.3 is 9.15 Å². The van der Waals surface area contributed by atoms with E-state index in [-0.39, 0.29) is 23.3 Å². The Bertz CT molecular complexity index is 1550. The van der Waals surface area contributed by atoms with Crippen LogP contribution in [-0.2, 0) is 11.3 Å². The number of hydrogen-bond donors (Lipinski definition) is 0. The SMILES string of the molecule is Cc1ccc2c(COC(=O)c3ccc4c(c3)C(=O)N(c3ccc(Cl)cc3)C4=O)cc(=O)oc2c1. The maximum atomic E-state index is 12.9. The van der Waals surface area contributed by atoms with Gasteiger partial charge in [0.25, 0.3) is 11.8 Å². The van der Waals surface area contributed by atoms with Crippen molar-refractivity contribution in [3.8, 4) is 0 Å². The average Bonchev–Trinajstić information content (AvgIpc) is 3.07. The first-order chi connectivity index (χ1) is 16.3. The maximum Gasteiger partial charge on any atom is 0.338 e. The van der Waals surface area contributed by atoms with Crippen molar-refractivity contribution in [3.05, 3.63) is 110 Å². The molecule has 5 rings (SSSR count). The van der Waals surface area contributed by atoms with E-state index in [1.807, 2.05) is 13.0 Å². The van der Waals surface area contributed by atoms with Crippen LogP contribution in [0.3, 0.4) is 0 Å². The van der Waals surface area contributed by atoms with Gasteiger partial charge in [0.1, 0.15) is 12.2 Å². The molecule has 0 N–H and O–H groups in total. The minimum absolute atomic E-state index is 0.107. The number of aryl methyl sites for hydroxylation is 1. The Morgan fingerprint density at radius 2 is 1.65 bits per heavy atom. The van der Waals surface area contributed by atoms with Gasteiger partial charge in [-0.2, -0.15) is 0 Å². The highest BCUT2D eigenvalue weighted by atomic mass is 35.5. The van der Waals surface area contributed by atoms with Crippen molar-refractivity contribution in [2.75, 3.05) is 4.90 Å². The molecule has 0 bridgehead atoms. The second kappa shape index (κ2) is 8.28. The monoisotopic (exact) mass is 473 g/mol. The van der Waals surface area contributed by atoms with E-state index in [0.717, 1.165) is 10.5 Å². The topological polar surface area (TPSA) is 93.9 Å². The molecule has 34 heavy (non-hydrogen) atoms. The molecular formula is C26H16ClNO6. The molecule has 0 aliphatic carbocycles. The summed E-state index contributed by atoms with van der Waals surface area (Å²) in [6.07, 6.45) is 0. The van der Waals surface area contributed by atoms with Gasteiger partial charge in [-0.05, 0) is 61.0 Å². The first-order valence-electron chi connectivity index (χ1n) is 10.3. The summed E-state index contributed by atoms with van der Waals surface area (Å²) >= 11 is 5.90. The second-order valence-electron chi connectivity index (χ2n) is 7.85. The van der Waals surface area contributed by atoms with E-state index in [4.69, 9.17) is 20.8 Å². The molecule has 7 nitrogen and oxygen atoms in total. The molecule has 0 atom stereocenters. The summed E-state index contributed by atoms with van der Waals surface area (Å²) in [5, 5.41) is 1.14. The predicted octanol–water partition coefficient (Wildman–Crippen LogP) is 4.91. The van der Waals surface area contributed by atoms with Crippen LogP contribution in [0.1, 0.15) is 42.2 Å². The molecule has 1 aromatic heterocycles. The van der Waals surface area contributed by atoms with Crippen LogP contribution >= 0.6 is 11.6 Å². The highest BCUT2D eigenvalue weighted by molar-refractivity contribution is 6.35.